The molecule has 0 heterocycles. The fourth-order valence-electron chi connectivity index (χ4n) is 9.23. The van der Waals surface area contributed by atoms with Crippen LogP contribution in [-0.4, -0.2) is 5.11 Å². The van der Waals surface area contributed by atoms with Crippen LogP contribution in [0, 0.1) is 0 Å². The van der Waals surface area contributed by atoms with Crippen LogP contribution in [0.3, 0.4) is 0 Å². The summed E-state index contributed by atoms with van der Waals surface area (Å²) in [5.74, 6) is 3.89. The van der Waals surface area contributed by atoms with Crippen LogP contribution < -0.4 is 14.2 Å². The van der Waals surface area contributed by atoms with Gasteiger partial charge in [0.15, 0.2) is 11.5 Å². The number of aromatic hydroxyl groups is 1. The van der Waals surface area contributed by atoms with Crippen molar-refractivity contribution in [3.8, 4) is 40.2 Å². The van der Waals surface area contributed by atoms with Gasteiger partial charge in [0.25, 0.3) is 0 Å². The first-order valence-electron chi connectivity index (χ1n) is 26.7. The summed E-state index contributed by atoms with van der Waals surface area (Å²) in [6.07, 6.45) is 34.9. The van der Waals surface area contributed by atoms with E-state index in [2.05, 4.69) is 96.1 Å². The number of aryl methyl sites for hydroxylation is 3. The average Bonchev–Trinajstić information content (AvgIpc) is 3.30. The highest BCUT2D eigenvalue weighted by molar-refractivity contribution is 5.63. The van der Waals surface area contributed by atoms with Gasteiger partial charge in [-0.3, -0.25) is 0 Å². The van der Waals surface area contributed by atoms with Crippen LogP contribution in [0.5, 0.6) is 40.2 Å². The fraction of sp³-hybridized carbons (Fsp3) is 0.600. The Kier molecular flexibility index (Phi) is 26.2. The summed E-state index contributed by atoms with van der Waals surface area (Å²) in [4.78, 5) is 0. The molecule has 0 amide bonds. The van der Waals surface area contributed by atoms with E-state index < -0.39 is 0 Å². The number of phenols is 1. The second-order valence-electron chi connectivity index (χ2n) is 18.6. The van der Waals surface area contributed by atoms with E-state index in [0.29, 0.717) is 17.2 Å². The molecule has 0 unspecified atom stereocenters. The summed E-state index contributed by atoms with van der Waals surface area (Å²) in [5.41, 5.74) is 7.93. The third kappa shape index (κ3) is 17.8. The van der Waals surface area contributed by atoms with Gasteiger partial charge in [0, 0.05) is 0 Å². The topological polar surface area (TPSA) is 47.9 Å². The zero-order chi connectivity index (χ0) is 45.6. The standard InChI is InChI=1S/C60H90O4/c1-7-13-19-25-34-48-37-31-43-55(51(48)40-28-22-16-10-4)62-58-47-46-54(61)59(63-56-44-32-38-49(35-26-20-14-8-2)52(56)41-29-23-17-11-5)60(58)64-57-45-33-39-50(36-27-21-15-9-3)53(57)42-30-24-18-12-6/h31-33,37-39,43-47,61H,7-30,34-36,40-42H2,1-6H3. The molecule has 0 bridgehead atoms. The van der Waals surface area contributed by atoms with Crippen molar-refractivity contribution >= 4 is 0 Å². The number of phenolic OH excluding ortho intramolecular Hbond substituents is 1. The van der Waals surface area contributed by atoms with Gasteiger partial charge in [0.1, 0.15) is 17.2 Å². The van der Waals surface area contributed by atoms with Gasteiger partial charge in [-0.2, -0.15) is 0 Å². The van der Waals surface area contributed by atoms with Crippen molar-refractivity contribution in [2.45, 2.75) is 234 Å². The minimum Gasteiger partial charge on any atom is -0.504 e. The Morgan fingerprint density at radius 3 is 0.953 bits per heavy atom. The van der Waals surface area contributed by atoms with Gasteiger partial charge < -0.3 is 19.3 Å². The highest BCUT2D eigenvalue weighted by atomic mass is 16.5. The second-order valence-corrected chi connectivity index (χ2v) is 18.6. The second kappa shape index (κ2) is 31.9. The minimum absolute atomic E-state index is 0.0531. The van der Waals surface area contributed by atoms with Crippen molar-refractivity contribution in [3.05, 3.63) is 100 Å². The van der Waals surface area contributed by atoms with E-state index in [9.17, 15) is 5.11 Å². The Bertz CT molecular complexity index is 1860. The predicted octanol–water partition coefficient (Wildman–Crippen LogP) is 19.5. The van der Waals surface area contributed by atoms with Gasteiger partial charge in [-0.05, 0) is 141 Å². The number of unbranched alkanes of at least 4 members (excludes halogenated alkanes) is 18. The Morgan fingerprint density at radius 2 is 0.609 bits per heavy atom. The highest BCUT2D eigenvalue weighted by Crippen LogP contribution is 2.51. The highest BCUT2D eigenvalue weighted by Gasteiger charge is 2.25. The van der Waals surface area contributed by atoms with E-state index in [1.807, 2.05) is 6.07 Å². The van der Waals surface area contributed by atoms with E-state index >= 15 is 0 Å². The average molecular weight is 875 g/mol. The first kappa shape index (κ1) is 52.7. The molecular weight excluding hydrogens is 785 g/mol. The summed E-state index contributed by atoms with van der Waals surface area (Å²) in [7, 11) is 0. The molecule has 4 heteroatoms. The Morgan fingerprint density at radius 1 is 0.297 bits per heavy atom. The van der Waals surface area contributed by atoms with E-state index in [-0.39, 0.29) is 5.75 Å². The molecule has 0 atom stereocenters. The third-order valence-electron chi connectivity index (χ3n) is 13.1. The fourth-order valence-corrected chi connectivity index (χ4v) is 9.23. The molecule has 64 heavy (non-hydrogen) atoms. The van der Waals surface area contributed by atoms with Gasteiger partial charge in [0.2, 0.25) is 11.5 Å². The van der Waals surface area contributed by atoms with E-state index in [1.165, 1.54) is 162 Å². The van der Waals surface area contributed by atoms with Crippen molar-refractivity contribution in [2.24, 2.45) is 0 Å². The Labute approximate surface area is 392 Å². The molecule has 0 aliphatic heterocycles. The Balaban J connectivity index is 1.89. The molecule has 0 fully saturated rings. The van der Waals surface area contributed by atoms with Crippen molar-refractivity contribution in [2.75, 3.05) is 0 Å². The van der Waals surface area contributed by atoms with E-state index in [4.69, 9.17) is 14.2 Å². The van der Waals surface area contributed by atoms with Crippen LogP contribution in [-0.2, 0) is 38.5 Å². The lowest BCUT2D eigenvalue weighted by Crippen LogP contribution is -2.04. The van der Waals surface area contributed by atoms with Crippen molar-refractivity contribution in [1.82, 2.24) is 0 Å². The van der Waals surface area contributed by atoms with Crippen molar-refractivity contribution in [3.63, 3.8) is 0 Å². The maximum atomic E-state index is 12.0. The Hall–Kier alpha value is -3.92. The maximum absolute atomic E-state index is 12.0. The normalized spacial score (nSPS) is 11.3. The summed E-state index contributed by atoms with van der Waals surface area (Å²) in [6.45, 7) is 13.7. The molecule has 0 saturated carbocycles. The van der Waals surface area contributed by atoms with Gasteiger partial charge in [-0.15, -0.1) is 0 Å². The molecule has 4 rings (SSSR count). The van der Waals surface area contributed by atoms with Crippen molar-refractivity contribution in [1.29, 1.82) is 0 Å². The molecule has 354 valence electrons. The molecule has 0 spiro atoms. The summed E-state index contributed by atoms with van der Waals surface area (Å²) < 4.78 is 21.5. The molecule has 0 aliphatic carbocycles. The van der Waals surface area contributed by atoms with E-state index in [1.54, 1.807) is 6.07 Å². The minimum atomic E-state index is 0.0531. The molecular formula is C60H90O4. The van der Waals surface area contributed by atoms with Crippen LogP contribution >= 0.6 is 0 Å². The summed E-state index contributed by atoms with van der Waals surface area (Å²) >= 11 is 0. The zero-order valence-corrected chi connectivity index (χ0v) is 41.7. The first-order valence-corrected chi connectivity index (χ1v) is 26.7. The van der Waals surface area contributed by atoms with Gasteiger partial charge in [-0.25, -0.2) is 0 Å². The monoisotopic (exact) mass is 875 g/mol. The van der Waals surface area contributed by atoms with Crippen LogP contribution in [0.1, 0.15) is 229 Å². The number of ether oxygens (including phenoxy) is 3. The lowest BCUT2D eigenvalue weighted by atomic mass is 9.95. The molecule has 4 aromatic carbocycles. The third-order valence-corrected chi connectivity index (χ3v) is 13.1. The molecule has 0 radical (unpaired) electrons. The number of rotatable bonds is 36. The van der Waals surface area contributed by atoms with Crippen molar-refractivity contribution < 1.29 is 19.3 Å². The number of benzene rings is 4. The number of hydrogen-bond donors (Lipinski definition) is 1. The number of hydrogen-bond acceptors (Lipinski definition) is 4. The molecule has 0 saturated heterocycles. The smallest absolute Gasteiger partial charge is 0.216 e. The van der Waals surface area contributed by atoms with Gasteiger partial charge in [-0.1, -0.05) is 194 Å². The summed E-state index contributed by atoms with van der Waals surface area (Å²) in [6, 6.07) is 23.3. The molecule has 0 aliphatic rings. The summed E-state index contributed by atoms with van der Waals surface area (Å²) in [5, 5.41) is 12.0. The van der Waals surface area contributed by atoms with Crippen LogP contribution in [0.4, 0.5) is 0 Å². The SMILES string of the molecule is CCCCCCc1cccc(Oc2ccc(O)c(Oc3cccc(CCCCCC)c3CCCCCC)c2Oc2cccc(CCCCCC)c2CCCCCC)c1CCCCCC. The molecule has 4 nitrogen and oxygen atoms in total. The van der Waals surface area contributed by atoms with Crippen LogP contribution in [0.15, 0.2) is 66.7 Å². The molecule has 1 N–H and O–H groups in total. The maximum Gasteiger partial charge on any atom is 0.216 e. The predicted molar refractivity (Wildman–Crippen MR) is 275 cm³/mol. The lowest BCUT2D eigenvalue weighted by molar-refractivity contribution is 0.358. The zero-order valence-electron chi connectivity index (χ0n) is 41.7. The van der Waals surface area contributed by atoms with Gasteiger partial charge in [0.05, 0.1) is 0 Å². The molecule has 4 aromatic rings. The quantitative estimate of drug-likeness (QED) is 0.0463. The lowest BCUT2D eigenvalue weighted by Gasteiger charge is -2.23. The van der Waals surface area contributed by atoms with Crippen LogP contribution in [0.25, 0.3) is 0 Å². The first-order chi connectivity index (χ1) is 31.5. The van der Waals surface area contributed by atoms with Gasteiger partial charge >= 0.3 is 0 Å². The largest absolute Gasteiger partial charge is 0.504 e. The van der Waals surface area contributed by atoms with E-state index in [0.717, 1.165) is 81.5 Å². The van der Waals surface area contributed by atoms with Crippen LogP contribution in [0.2, 0.25) is 0 Å². The molecule has 0 aromatic heterocycles.